The quantitative estimate of drug-likeness (QED) is 0.352. The summed E-state index contributed by atoms with van der Waals surface area (Å²) in [5.74, 6) is 0. The first-order valence-corrected chi connectivity index (χ1v) is 5.29. The molecule has 0 aliphatic carbocycles. The molecule has 0 aromatic carbocycles. The smallest absolute Gasteiger partial charge is 0.0777 e. The van der Waals surface area contributed by atoms with Crippen molar-refractivity contribution in [2.75, 3.05) is 39.5 Å². The maximum atomic E-state index is 8.60. The predicted octanol–water partition coefficient (Wildman–Crippen LogP) is -6.77. The minimum Gasteiger partial charge on any atom is -0.183 e. The molecule has 0 aliphatic rings. The molecule has 0 fully saturated rings. The van der Waals surface area contributed by atoms with Crippen LogP contribution in [0.25, 0.3) is 0 Å². The Morgan fingerprint density at radius 3 is 1.12 bits per heavy atom. The number of halogens is 1. The van der Waals surface area contributed by atoms with Crippen LogP contribution in [0.4, 0.5) is 0 Å². The molecule has 98 valence electrons. The second kappa shape index (κ2) is 14.3. The van der Waals surface area contributed by atoms with Gasteiger partial charge in [0.05, 0.1) is 34.7 Å². The van der Waals surface area contributed by atoms with Crippen molar-refractivity contribution in [2.45, 2.75) is 0 Å². The standard InChI is InChI=1S/C6H15NO3.Ca.ClHO4.2H/c8-4-1-7(2-5-9)3-6-10;;2-1(3,4)5;;/h8-10H,1-6H2;;(H,2,3,4,5);;. The van der Waals surface area contributed by atoms with Gasteiger partial charge in [-0.2, -0.15) is 14.0 Å². The molecule has 0 rings (SSSR count). The van der Waals surface area contributed by atoms with Gasteiger partial charge in [0.2, 0.25) is 0 Å². The van der Waals surface area contributed by atoms with Crippen LogP contribution in [0.5, 0.6) is 0 Å². The molecule has 0 saturated heterocycles. The van der Waals surface area contributed by atoms with E-state index in [1.165, 1.54) is 0 Å². The minimum absolute atomic E-state index is 0. The zero-order valence-electron chi connectivity index (χ0n) is 8.08. The molecular weight excluding hydrogens is 274 g/mol. The fourth-order valence-electron chi connectivity index (χ4n) is 0.760. The van der Waals surface area contributed by atoms with Gasteiger partial charge in [-0.1, -0.05) is 0 Å². The Morgan fingerprint density at radius 1 is 0.812 bits per heavy atom. The van der Waals surface area contributed by atoms with Gasteiger partial charge in [-0.25, -0.2) is 0 Å². The van der Waals surface area contributed by atoms with Crippen LogP contribution in [0, 0.1) is 10.2 Å². The topological polar surface area (TPSA) is 153 Å². The molecule has 0 radical (unpaired) electrons. The Kier molecular flexibility index (Phi) is 20.0. The van der Waals surface area contributed by atoms with E-state index in [1.54, 1.807) is 4.90 Å². The summed E-state index contributed by atoms with van der Waals surface area (Å²) in [6.07, 6.45) is 0. The normalized spacial score (nSPS) is 10.5. The van der Waals surface area contributed by atoms with Crippen LogP contribution in [0.2, 0.25) is 0 Å². The number of aliphatic hydroxyl groups is 3. The van der Waals surface area contributed by atoms with Crippen molar-refractivity contribution in [1.82, 2.24) is 4.90 Å². The molecule has 0 aromatic rings. The number of nitrogens with zero attached hydrogens (tertiary/aromatic N) is 1. The number of hydrogen-bond acceptors (Lipinski definition) is 8. The molecule has 0 atom stereocenters. The van der Waals surface area contributed by atoms with Crippen molar-refractivity contribution in [3.63, 3.8) is 0 Å². The van der Waals surface area contributed by atoms with Crippen molar-refractivity contribution in [3.8, 4) is 0 Å². The zero-order valence-corrected chi connectivity index (χ0v) is 8.84. The third-order valence-electron chi connectivity index (χ3n) is 1.25. The first-order chi connectivity index (χ1) is 6.85. The first-order valence-electron chi connectivity index (χ1n) is 4.03. The van der Waals surface area contributed by atoms with Gasteiger partial charge in [0.1, 0.15) is 0 Å². The van der Waals surface area contributed by atoms with Gasteiger partial charge in [0.25, 0.3) is 0 Å². The molecule has 0 unspecified atom stereocenters. The van der Waals surface area contributed by atoms with Gasteiger partial charge in [-0.15, -0.1) is 0 Å². The van der Waals surface area contributed by atoms with Crippen molar-refractivity contribution >= 4 is 37.7 Å². The average molecular weight is 292 g/mol. The zero-order chi connectivity index (χ0) is 12.3. The molecule has 4 N–H and O–H groups in total. The second-order valence-electron chi connectivity index (χ2n) is 2.41. The van der Waals surface area contributed by atoms with Crippen molar-refractivity contribution in [2.24, 2.45) is 0 Å². The fraction of sp³-hybridized carbons (Fsp3) is 1.00. The summed E-state index contributed by atoms with van der Waals surface area (Å²) in [4.78, 5) is 1.79. The molecule has 0 spiro atoms. The molecule has 16 heavy (non-hydrogen) atoms. The van der Waals surface area contributed by atoms with E-state index in [9.17, 15) is 0 Å². The third kappa shape index (κ3) is 29.5. The van der Waals surface area contributed by atoms with E-state index in [0.717, 1.165) is 0 Å². The summed E-state index contributed by atoms with van der Waals surface area (Å²) < 4.78 is 32.7. The number of aliphatic hydroxyl groups excluding tert-OH is 3. The van der Waals surface area contributed by atoms with E-state index >= 15 is 0 Å². The monoisotopic (exact) mass is 291 g/mol. The first kappa shape index (κ1) is 22.4. The second-order valence-corrected chi connectivity index (χ2v) is 3.20. The van der Waals surface area contributed by atoms with Gasteiger partial charge in [0.15, 0.2) is 0 Å². The Labute approximate surface area is 125 Å². The van der Waals surface area contributed by atoms with Crippen LogP contribution in [0.15, 0.2) is 0 Å². The maximum Gasteiger partial charge on any atom is 0.0777 e. The van der Waals surface area contributed by atoms with Crippen molar-refractivity contribution < 1.29 is 44.2 Å². The van der Waals surface area contributed by atoms with E-state index in [-0.39, 0.29) is 57.6 Å². The Balaban J connectivity index is -0.000000242. The van der Waals surface area contributed by atoms with E-state index in [0.29, 0.717) is 19.6 Å². The van der Waals surface area contributed by atoms with Crippen LogP contribution < -0.4 is 14.0 Å². The van der Waals surface area contributed by atoms with Gasteiger partial charge < -0.3 is 15.3 Å². The third-order valence-corrected chi connectivity index (χ3v) is 1.25. The van der Waals surface area contributed by atoms with Crippen LogP contribution in [0.3, 0.4) is 0 Å². The molecular formula is C6H18CaClNO7. The molecule has 0 aliphatic heterocycles. The van der Waals surface area contributed by atoms with Crippen molar-refractivity contribution in [3.05, 3.63) is 0 Å². The molecule has 0 amide bonds. The van der Waals surface area contributed by atoms with E-state index in [4.69, 9.17) is 34.0 Å². The average Bonchev–Trinajstić information content (AvgIpc) is 2.02. The fourth-order valence-corrected chi connectivity index (χ4v) is 0.760. The Bertz CT molecular complexity index is 116. The van der Waals surface area contributed by atoms with Crippen LogP contribution >= 0.6 is 0 Å². The summed E-state index contributed by atoms with van der Waals surface area (Å²) in [5, 5.41) is 25.5. The van der Waals surface area contributed by atoms with Crippen LogP contribution in [-0.2, 0) is 0 Å². The van der Waals surface area contributed by atoms with E-state index < -0.39 is 10.2 Å². The summed E-state index contributed by atoms with van der Waals surface area (Å²) in [6, 6.07) is 0. The van der Waals surface area contributed by atoms with Gasteiger partial charge in [-0.05, 0) is 0 Å². The molecule has 0 heterocycles. The van der Waals surface area contributed by atoms with Crippen LogP contribution in [-0.4, -0.2) is 102 Å². The molecule has 0 saturated carbocycles. The van der Waals surface area contributed by atoms with Crippen LogP contribution in [0.1, 0.15) is 0 Å². The Hall–Kier alpha value is 1.23. The van der Waals surface area contributed by atoms with Crippen molar-refractivity contribution in [1.29, 1.82) is 0 Å². The molecule has 0 bridgehead atoms. The predicted molar refractivity (Wildman–Crippen MR) is 48.5 cm³/mol. The Morgan fingerprint density at radius 2 is 1.00 bits per heavy atom. The summed E-state index contributed by atoms with van der Waals surface area (Å²) >= 11 is 0. The molecule has 0 aromatic heterocycles. The van der Waals surface area contributed by atoms with Gasteiger partial charge >= 0.3 is 37.7 Å². The summed E-state index contributed by atoms with van der Waals surface area (Å²) in [6.45, 7) is 1.75. The molecule has 8 nitrogen and oxygen atoms in total. The SMILES string of the molecule is OCCN(CCO)CCO.[CaH2].[O-][Cl+3]([O-])([O-])O. The number of rotatable bonds is 6. The van der Waals surface area contributed by atoms with Gasteiger partial charge in [-0.3, -0.25) is 4.90 Å². The van der Waals surface area contributed by atoms with E-state index in [2.05, 4.69) is 0 Å². The summed E-state index contributed by atoms with van der Waals surface area (Å²) in [7, 11) is -4.69. The number of hydrogen-bond donors (Lipinski definition) is 4. The van der Waals surface area contributed by atoms with Gasteiger partial charge in [0, 0.05) is 19.6 Å². The van der Waals surface area contributed by atoms with E-state index in [1.807, 2.05) is 0 Å². The maximum absolute atomic E-state index is 8.60. The largest absolute Gasteiger partial charge is 0.183 e. The molecule has 10 heteroatoms. The minimum atomic E-state index is -4.69. The summed E-state index contributed by atoms with van der Waals surface area (Å²) in [5.41, 5.74) is 0.